The lowest BCUT2D eigenvalue weighted by atomic mass is 10.1. The second kappa shape index (κ2) is 6.71. The summed E-state index contributed by atoms with van der Waals surface area (Å²) >= 11 is 0. The van der Waals surface area contributed by atoms with Crippen LogP contribution in [-0.2, 0) is 25.2 Å². The highest BCUT2D eigenvalue weighted by molar-refractivity contribution is 8.02. The maximum absolute atomic E-state index is 12.0. The average Bonchev–Trinajstić information content (AvgIpc) is 2.87. The lowest BCUT2D eigenvalue weighted by Gasteiger charge is -2.28. The lowest BCUT2D eigenvalue weighted by Crippen LogP contribution is -2.39. The number of amides is 1. The van der Waals surface area contributed by atoms with Crippen molar-refractivity contribution < 1.29 is 28.8 Å². The molecule has 9 nitrogen and oxygen atoms in total. The number of nitrogens with one attached hydrogen (secondary N) is 1. The van der Waals surface area contributed by atoms with Gasteiger partial charge in [-0.15, -0.1) is 0 Å². The van der Waals surface area contributed by atoms with E-state index in [-0.39, 0.29) is 22.8 Å². The van der Waals surface area contributed by atoms with Crippen LogP contribution in [0.15, 0.2) is 27.1 Å². The van der Waals surface area contributed by atoms with E-state index >= 15 is 0 Å². The van der Waals surface area contributed by atoms with Gasteiger partial charge in [0.15, 0.2) is 10.8 Å². The van der Waals surface area contributed by atoms with E-state index in [2.05, 4.69) is 10.3 Å². The molecule has 0 bridgehead atoms. The summed E-state index contributed by atoms with van der Waals surface area (Å²) in [6, 6.07) is 0. The van der Waals surface area contributed by atoms with Gasteiger partial charge in [0.05, 0.1) is 24.3 Å². The summed E-state index contributed by atoms with van der Waals surface area (Å²) < 4.78 is 11.9. The van der Waals surface area contributed by atoms with Crippen LogP contribution in [0.1, 0.15) is 13.3 Å². The number of carbonyl (C=O) groups excluding carboxylic acids is 1. The first-order valence-electron chi connectivity index (χ1n) is 6.47. The summed E-state index contributed by atoms with van der Waals surface area (Å²) in [4.78, 5) is 31.7. The molecule has 1 amide bonds. The molecule has 10 heteroatoms. The van der Waals surface area contributed by atoms with E-state index < -0.39 is 35.0 Å². The van der Waals surface area contributed by atoms with Gasteiger partial charge in [0, 0.05) is 0 Å². The molecule has 2 rings (SSSR count). The minimum Gasteiger partial charge on any atom is -0.505 e. The van der Waals surface area contributed by atoms with Gasteiger partial charge in [-0.25, -0.2) is 14.3 Å². The molecular formula is C12H15N3O6S. The highest BCUT2D eigenvalue weighted by Gasteiger charge is 2.36. The van der Waals surface area contributed by atoms with Crippen molar-refractivity contribution in [2.45, 2.75) is 13.3 Å². The first-order chi connectivity index (χ1) is 10.5. The average molecular weight is 329 g/mol. The normalized spacial score (nSPS) is 20.4. The standard InChI is InChI=1S/C12H15N3O6S/c1-2-3-21-15-5-7(11(19)13-4-8(16)17)10(18)9-12(15)22(20)6-14-9/h6,18H,2-5H2,1H3,(H,13,19)(H,16,17). The Labute approximate surface area is 128 Å². The van der Waals surface area contributed by atoms with E-state index in [9.17, 15) is 18.9 Å². The van der Waals surface area contributed by atoms with Gasteiger partial charge in [0.2, 0.25) is 0 Å². The van der Waals surface area contributed by atoms with Crippen molar-refractivity contribution in [2.24, 2.45) is 4.99 Å². The third kappa shape index (κ3) is 3.17. The van der Waals surface area contributed by atoms with Crippen LogP contribution in [0.5, 0.6) is 0 Å². The first kappa shape index (κ1) is 16.2. The molecule has 2 aliphatic rings. The molecule has 22 heavy (non-hydrogen) atoms. The third-order valence-electron chi connectivity index (χ3n) is 2.83. The molecule has 0 aromatic rings. The number of aliphatic hydroxyl groups excluding tert-OH is 1. The third-order valence-corrected chi connectivity index (χ3v) is 3.91. The maximum Gasteiger partial charge on any atom is 0.322 e. The quantitative estimate of drug-likeness (QED) is 0.605. The van der Waals surface area contributed by atoms with Gasteiger partial charge in [-0.3, -0.25) is 14.4 Å². The molecule has 2 aliphatic heterocycles. The fraction of sp³-hybridized carbons (Fsp3) is 0.417. The van der Waals surface area contributed by atoms with E-state index in [4.69, 9.17) is 9.94 Å². The van der Waals surface area contributed by atoms with E-state index in [1.54, 1.807) is 0 Å². The lowest BCUT2D eigenvalue weighted by molar-refractivity contribution is -0.138. The SMILES string of the molecule is CCCON1CC(C(=O)NCC(=O)O)=C(O)C2=C1S(=O)C=N2. The number of nitrogens with zero attached hydrogens (tertiary/aromatic N) is 2. The fourth-order valence-electron chi connectivity index (χ4n) is 1.86. The summed E-state index contributed by atoms with van der Waals surface area (Å²) in [7, 11) is -1.56. The Bertz CT molecular complexity index is 624. The number of carboxylic acid groups (broad SMARTS) is 1. The predicted molar refractivity (Wildman–Crippen MR) is 76.9 cm³/mol. The molecule has 0 spiro atoms. The molecule has 1 unspecified atom stereocenters. The molecule has 0 saturated carbocycles. The van der Waals surface area contributed by atoms with Crippen molar-refractivity contribution in [3.8, 4) is 0 Å². The molecular weight excluding hydrogens is 314 g/mol. The Balaban J connectivity index is 2.28. The zero-order chi connectivity index (χ0) is 16.3. The molecule has 1 atom stereocenters. The Hall–Kier alpha value is -2.20. The minimum absolute atomic E-state index is 0.00108. The summed E-state index contributed by atoms with van der Waals surface area (Å²) in [5.41, 5.74) is 1.05. The zero-order valence-corrected chi connectivity index (χ0v) is 12.6. The van der Waals surface area contributed by atoms with Gasteiger partial charge >= 0.3 is 5.97 Å². The highest BCUT2D eigenvalue weighted by Crippen LogP contribution is 2.32. The van der Waals surface area contributed by atoms with Gasteiger partial charge in [0.1, 0.15) is 23.0 Å². The second-order valence-corrected chi connectivity index (χ2v) is 5.65. The molecule has 0 saturated heterocycles. The zero-order valence-electron chi connectivity index (χ0n) is 11.7. The summed E-state index contributed by atoms with van der Waals surface area (Å²) in [6.07, 6.45) is 0.697. The molecule has 0 aromatic carbocycles. The van der Waals surface area contributed by atoms with E-state index in [1.165, 1.54) is 5.06 Å². The topological polar surface area (TPSA) is 129 Å². The van der Waals surface area contributed by atoms with Crippen LogP contribution < -0.4 is 5.32 Å². The summed E-state index contributed by atoms with van der Waals surface area (Å²) in [6.45, 7) is 1.49. The van der Waals surface area contributed by atoms with E-state index in [0.29, 0.717) is 13.0 Å². The largest absolute Gasteiger partial charge is 0.505 e. The van der Waals surface area contributed by atoms with E-state index in [1.807, 2.05) is 6.92 Å². The van der Waals surface area contributed by atoms with Gasteiger partial charge in [0.25, 0.3) is 5.91 Å². The number of hydroxylamine groups is 2. The van der Waals surface area contributed by atoms with Crippen LogP contribution >= 0.6 is 0 Å². The van der Waals surface area contributed by atoms with Crippen molar-refractivity contribution >= 4 is 28.2 Å². The highest BCUT2D eigenvalue weighted by atomic mass is 32.2. The molecule has 120 valence electrons. The number of aliphatic hydroxyl groups is 1. The number of carboxylic acids is 1. The fourth-order valence-corrected chi connectivity index (χ4v) is 2.82. The van der Waals surface area contributed by atoms with Crippen LogP contribution in [0.3, 0.4) is 0 Å². The molecule has 2 heterocycles. The molecule has 0 aromatic heterocycles. The van der Waals surface area contributed by atoms with Gasteiger partial charge in [-0.2, -0.15) is 0 Å². The Morgan fingerprint density at radius 2 is 2.27 bits per heavy atom. The number of aliphatic imine (C=N–C) groups is 1. The number of carbonyl (C=O) groups is 2. The van der Waals surface area contributed by atoms with Crippen molar-refractivity contribution in [2.75, 3.05) is 19.7 Å². The second-order valence-electron chi connectivity index (χ2n) is 4.46. The van der Waals surface area contributed by atoms with Crippen LogP contribution in [0.25, 0.3) is 0 Å². The Kier molecular flexibility index (Phi) is 4.93. The Morgan fingerprint density at radius 3 is 2.91 bits per heavy atom. The van der Waals surface area contributed by atoms with Crippen LogP contribution in [0, 0.1) is 0 Å². The smallest absolute Gasteiger partial charge is 0.322 e. The Morgan fingerprint density at radius 1 is 1.55 bits per heavy atom. The minimum atomic E-state index is -1.56. The van der Waals surface area contributed by atoms with Crippen molar-refractivity contribution in [1.82, 2.24) is 10.4 Å². The number of hydrogen-bond acceptors (Lipinski definition) is 7. The van der Waals surface area contributed by atoms with Crippen LogP contribution in [-0.4, -0.2) is 56.6 Å². The maximum atomic E-state index is 12.0. The molecule has 0 fully saturated rings. The van der Waals surface area contributed by atoms with Crippen LogP contribution in [0.4, 0.5) is 0 Å². The van der Waals surface area contributed by atoms with Gasteiger partial charge in [-0.05, 0) is 6.42 Å². The molecule has 0 radical (unpaired) electrons. The van der Waals surface area contributed by atoms with Crippen LogP contribution in [0.2, 0.25) is 0 Å². The van der Waals surface area contributed by atoms with Crippen molar-refractivity contribution in [3.63, 3.8) is 0 Å². The van der Waals surface area contributed by atoms with E-state index in [0.717, 1.165) is 5.55 Å². The molecule has 3 N–H and O–H groups in total. The summed E-state index contributed by atoms with van der Waals surface area (Å²) in [5, 5.41) is 22.3. The van der Waals surface area contributed by atoms with Crippen molar-refractivity contribution in [3.05, 3.63) is 22.1 Å². The predicted octanol–water partition coefficient (Wildman–Crippen LogP) is -0.384. The number of rotatable bonds is 6. The van der Waals surface area contributed by atoms with Crippen molar-refractivity contribution in [1.29, 1.82) is 0 Å². The summed E-state index contributed by atoms with van der Waals surface area (Å²) in [5.74, 6) is -2.37. The molecule has 0 aliphatic carbocycles. The number of hydrogen-bond donors (Lipinski definition) is 3. The van der Waals surface area contributed by atoms with Gasteiger partial charge < -0.3 is 15.5 Å². The monoisotopic (exact) mass is 329 g/mol. The van der Waals surface area contributed by atoms with Gasteiger partial charge in [-0.1, -0.05) is 6.92 Å². The number of aliphatic carboxylic acids is 1. The first-order valence-corrected chi connectivity index (χ1v) is 7.69.